The summed E-state index contributed by atoms with van der Waals surface area (Å²) in [5, 5.41) is 22.9. The van der Waals surface area contributed by atoms with Crippen LogP contribution in [0, 0.1) is 13.8 Å². The lowest BCUT2D eigenvalue weighted by molar-refractivity contribution is 0.0953. The van der Waals surface area contributed by atoms with Crippen molar-refractivity contribution in [3.05, 3.63) is 46.7 Å². The standard InChI is InChI=1S/C14H15N3O4/c1-8-13(19)12(10(7-18)5-15-8)6-16-17-14(20)11-3-4-21-9(11)2/h3-6,18-19H,7H2,1-2H3,(H,17,20)/b16-6-. The highest BCUT2D eigenvalue weighted by atomic mass is 16.3. The molecule has 110 valence electrons. The summed E-state index contributed by atoms with van der Waals surface area (Å²) in [7, 11) is 0. The summed E-state index contributed by atoms with van der Waals surface area (Å²) in [6.07, 6.45) is 4.12. The molecule has 0 fully saturated rings. The smallest absolute Gasteiger partial charge is 0.274 e. The molecule has 2 aromatic rings. The number of carbonyl (C=O) groups excluding carboxylic acids is 1. The fraction of sp³-hybridized carbons (Fsp3) is 0.214. The van der Waals surface area contributed by atoms with Gasteiger partial charge in [0.05, 0.1) is 30.3 Å². The normalized spacial score (nSPS) is 11.0. The molecule has 0 atom stereocenters. The van der Waals surface area contributed by atoms with Crippen LogP contribution in [0.1, 0.15) is 32.9 Å². The summed E-state index contributed by atoms with van der Waals surface area (Å²) in [6, 6.07) is 1.54. The molecule has 0 spiro atoms. The quantitative estimate of drug-likeness (QED) is 0.580. The van der Waals surface area contributed by atoms with Gasteiger partial charge in [0.25, 0.3) is 5.91 Å². The summed E-state index contributed by atoms with van der Waals surface area (Å²) < 4.78 is 5.03. The van der Waals surface area contributed by atoms with Gasteiger partial charge in [0, 0.05) is 17.3 Å². The molecule has 0 radical (unpaired) electrons. The van der Waals surface area contributed by atoms with Crippen LogP contribution >= 0.6 is 0 Å². The summed E-state index contributed by atoms with van der Waals surface area (Å²) in [6.45, 7) is 3.00. The number of hydrogen-bond donors (Lipinski definition) is 3. The van der Waals surface area contributed by atoms with Crippen molar-refractivity contribution >= 4 is 12.1 Å². The van der Waals surface area contributed by atoms with E-state index in [2.05, 4.69) is 15.5 Å². The molecule has 2 aromatic heterocycles. The van der Waals surface area contributed by atoms with Crippen molar-refractivity contribution in [2.45, 2.75) is 20.5 Å². The zero-order valence-corrected chi connectivity index (χ0v) is 11.6. The molecule has 0 aromatic carbocycles. The number of rotatable bonds is 4. The number of aryl methyl sites for hydroxylation is 2. The van der Waals surface area contributed by atoms with E-state index in [4.69, 9.17) is 4.42 Å². The Hall–Kier alpha value is -2.67. The van der Waals surface area contributed by atoms with Crippen molar-refractivity contribution in [1.29, 1.82) is 0 Å². The maximum absolute atomic E-state index is 11.8. The van der Waals surface area contributed by atoms with Gasteiger partial charge in [-0.2, -0.15) is 5.10 Å². The van der Waals surface area contributed by atoms with Gasteiger partial charge in [0.15, 0.2) is 0 Å². The van der Waals surface area contributed by atoms with E-state index in [0.717, 1.165) is 0 Å². The largest absolute Gasteiger partial charge is 0.505 e. The number of carbonyl (C=O) groups is 1. The Morgan fingerprint density at radius 1 is 1.52 bits per heavy atom. The molecule has 7 nitrogen and oxygen atoms in total. The number of hydrazone groups is 1. The number of nitrogens with zero attached hydrogens (tertiary/aromatic N) is 2. The predicted octanol–water partition coefficient (Wildman–Crippen LogP) is 1.25. The minimum Gasteiger partial charge on any atom is -0.505 e. The SMILES string of the molecule is Cc1ncc(CO)c(/C=N\NC(=O)c2ccoc2C)c1O. The zero-order valence-electron chi connectivity index (χ0n) is 11.6. The fourth-order valence-corrected chi connectivity index (χ4v) is 1.76. The fourth-order valence-electron chi connectivity index (χ4n) is 1.76. The molecule has 21 heavy (non-hydrogen) atoms. The number of aromatic hydroxyl groups is 1. The van der Waals surface area contributed by atoms with E-state index in [1.165, 1.54) is 24.7 Å². The molecule has 0 aliphatic rings. The Labute approximate surface area is 120 Å². The third kappa shape index (κ3) is 3.09. The van der Waals surface area contributed by atoms with Crippen molar-refractivity contribution < 1.29 is 19.4 Å². The topological polar surface area (TPSA) is 108 Å². The predicted molar refractivity (Wildman–Crippen MR) is 75.1 cm³/mol. The van der Waals surface area contributed by atoms with Crippen LogP contribution in [-0.2, 0) is 6.61 Å². The number of furan rings is 1. The number of hydrogen-bond acceptors (Lipinski definition) is 6. The van der Waals surface area contributed by atoms with Gasteiger partial charge in [0.1, 0.15) is 11.5 Å². The molecule has 2 rings (SSSR count). The van der Waals surface area contributed by atoms with E-state index in [-0.39, 0.29) is 12.4 Å². The maximum atomic E-state index is 11.8. The molecule has 0 aliphatic carbocycles. The first-order chi connectivity index (χ1) is 10.0. The van der Waals surface area contributed by atoms with Crippen molar-refractivity contribution in [2.75, 3.05) is 0 Å². The van der Waals surface area contributed by atoms with Crippen LogP contribution in [0.5, 0.6) is 5.75 Å². The molecule has 7 heteroatoms. The van der Waals surface area contributed by atoms with Crippen molar-refractivity contribution in [3.63, 3.8) is 0 Å². The monoisotopic (exact) mass is 289 g/mol. The Morgan fingerprint density at radius 3 is 2.90 bits per heavy atom. The van der Waals surface area contributed by atoms with Crippen LogP contribution in [0.3, 0.4) is 0 Å². The molecule has 1 amide bonds. The van der Waals surface area contributed by atoms with E-state index < -0.39 is 5.91 Å². The summed E-state index contributed by atoms with van der Waals surface area (Å²) in [5.74, 6) is -0.0197. The van der Waals surface area contributed by atoms with Crippen molar-refractivity contribution in [1.82, 2.24) is 10.4 Å². The van der Waals surface area contributed by atoms with Crippen molar-refractivity contribution in [3.8, 4) is 5.75 Å². The molecule has 0 saturated heterocycles. The van der Waals surface area contributed by atoms with E-state index >= 15 is 0 Å². The highest BCUT2D eigenvalue weighted by molar-refractivity contribution is 5.96. The average molecular weight is 289 g/mol. The highest BCUT2D eigenvalue weighted by Crippen LogP contribution is 2.21. The third-order valence-corrected chi connectivity index (χ3v) is 2.99. The van der Waals surface area contributed by atoms with E-state index in [0.29, 0.717) is 28.1 Å². The van der Waals surface area contributed by atoms with Crippen LogP contribution in [0.2, 0.25) is 0 Å². The van der Waals surface area contributed by atoms with Gasteiger partial charge in [-0.05, 0) is 19.9 Å². The second-order valence-electron chi connectivity index (χ2n) is 4.38. The minimum atomic E-state index is -0.423. The lowest BCUT2D eigenvalue weighted by atomic mass is 10.1. The number of pyridine rings is 1. The first kappa shape index (κ1) is 14.7. The van der Waals surface area contributed by atoms with Gasteiger partial charge in [-0.25, -0.2) is 5.43 Å². The minimum absolute atomic E-state index is 0.0842. The first-order valence-electron chi connectivity index (χ1n) is 6.20. The van der Waals surface area contributed by atoms with Crippen molar-refractivity contribution in [2.24, 2.45) is 5.10 Å². The summed E-state index contributed by atoms with van der Waals surface area (Å²) in [4.78, 5) is 15.7. The molecular weight excluding hydrogens is 274 g/mol. The number of aliphatic hydroxyl groups is 1. The molecular formula is C14H15N3O4. The number of amides is 1. The Balaban J connectivity index is 2.17. The average Bonchev–Trinajstić information content (AvgIpc) is 2.89. The van der Waals surface area contributed by atoms with Gasteiger partial charge < -0.3 is 14.6 Å². The van der Waals surface area contributed by atoms with Gasteiger partial charge in [0.2, 0.25) is 0 Å². The Morgan fingerprint density at radius 2 is 2.29 bits per heavy atom. The second kappa shape index (κ2) is 6.19. The van der Waals surface area contributed by atoms with Gasteiger partial charge in [-0.15, -0.1) is 0 Å². The van der Waals surface area contributed by atoms with Crippen LogP contribution in [0.25, 0.3) is 0 Å². The second-order valence-corrected chi connectivity index (χ2v) is 4.38. The molecule has 0 bridgehead atoms. The van der Waals surface area contributed by atoms with E-state index in [9.17, 15) is 15.0 Å². The highest BCUT2D eigenvalue weighted by Gasteiger charge is 2.11. The lowest BCUT2D eigenvalue weighted by Gasteiger charge is -2.06. The summed E-state index contributed by atoms with van der Waals surface area (Å²) in [5.41, 5.74) is 3.84. The lowest BCUT2D eigenvalue weighted by Crippen LogP contribution is -2.18. The zero-order chi connectivity index (χ0) is 15.4. The van der Waals surface area contributed by atoms with Gasteiger partial charge in [-0.1, -0.05) is 0 Å². The molecule has 0 unspecified atom stereocenters. The van der Waals surface area contributed by atoms with Crippen LogP contribution in [-0.4, -0.2) is 27.3 Å². The first-order valence-corrected chi connectivity index (χ1v) is 6.20. The summed E-state index contributed by atoms with van der Waals surface area (Å²) >= 11 is 0. The molecule has 3 N–H and O–H groups in total. The molecule has 2 heterocycles. The molecule has 0 saturated carbocycles. The number of nitrogens with one attached hydrogen (secondary N) is 1. The molecule has 0 aliphatic heterocycles. The maximum Gasteiger partial charge on any atom is 0.274 e. The van der Waals surface area contributed by atoms with Gasteiger partial charge in [-0.3, -0.25) is 9.78 Å². The number of aromatic nitrogens is 1. The Bertz CT molecular complexity index is 692. The van der Waals surface area contributed by atoms with Gasteiger partial charge >= 0.3 is 0 Å². The Kier molecular flexibility index (Phi) is 4.34. The van der Waals surface area contributed by atoms with Crippen LogP contribution in [0.4, 0.5) is 0 Å². The van der Waals surface area contributed by atoms with E-state index in [1.54, 1.807) is 13.8 Å². The van der Waals surface area contributed by atoms with Crippen LogP contribution < -0.4 is 5.43 Å². The number of aliphatic hydroxyl groups excluding tert-OH is 1. The van der Waals surface area contributed by atoms with Crippen LogP contribution in [0.15, 0.2) is 28.0 Å². The third-order valence-electron chi connectivity index (χ3n) is 2.99. The van der Waals surface area contributed by atoms with E-state index in [1.807, 2.05) is 0 Å².